The number of carbonyl (C=O) groups excluding carboxylic acids is 6. The molecule has 1 fully saturated rings. The molecule has 22 nitrogen and oxygen atoms in total. The standard InChI is InChI=1S/C94H177N2O19P.C6H15N/c1-7-13-19-25-31-37-40-46-52-58-64-70-87(102)110-80(67-61-55-49-43-34-28-22-16-10-4)75-84(98)95-91-93(114-90(105)77-82(69-63-57-51-45-36-30-24-18-12-6)112-89(104)72-66-60-54-48-42-39-33-27-21-15-9-3)92(115-116(106,107)108)83(79-97)113-94(91)109-74-73-96(78-86(100)101)85(99)76-81(68-62-56-50-44-35-29-23-17-11-5)111-88(103)71-65-59-53-47-41-38-32-26-20-14-8-2;1-4-7(5-2)6-3/h80-83,91-94,97H,7-79H2,1-6H3,(H,95,98)(H,100,101)(H2,106,107,108);4-6H2,1-3H3/t80-,81-,82-,83-,91-,92-,93-,94-;/m1./s1. The summed E-state index contributed by atoms with van der Waals surface area (Å²) in [5, 5.41) is 24.3. The van der Waals surface area contributed by atoms with Crippen molar-refractivity contribution in [3.05, 3.63) is 0 Å². The van der Waals surface area contributed by atoms with Crippen LogP contribution in [0.1, 0.15) is 505 Å². The number of esters is 4. The van der Waals surface area contributed by atoms with Crippen LogP contribution in [-0.2, 0) is 71.1 Å². The van der Waals surface area contributed by atoms with Crippen molar-refractivity contribution in [1.82, 2.24) is 15.1 Å². The average Bonchev–Trinajstić information content (AvgIpc) is 0.779. The van der Waals surface area contributed by atoms with Crippen molar-refractivity contribution in [3.8, 4) is 0 Å². The number of carbonyl (C=O) groups is 7. The monoisotopic (exact) mass is 1770 g/mol. The summed E-state index contributed by atoms with van der Waals surface area (Å²) in [5.41, 5.74) is 0. The topological polar surface area (TPSA) is 301 Å². The van der Waals surface area contributed by atoms with Crippen LogP contribution in [0.15, 0.2) is 0 Å². The van der Waals surface area contributed by atoms with Gasteiger partial charge in [0, 0.05) is 25.8 Å². The number of aliphatic hydroxyl groups excluding tert-OH is 1. The Balaban J connectivity index is 0.0000203. The molecule has 0 aliphatic carbocycles. The molecule has 0 aromatic carbocycles. The highest BCUT2D eigenvalue weighted by atomic mass is 31.2. The van der Waals surface area contributed by atoms with E-state index >= 15 is 4.79 Å². The van der Waals surface area contributed by atoms with Gasteiger partial charge in [0.2, 0.25) is 11.8 Å². The van der Waals surface area contributed by atoms with Crippen LogP contribution in [0.4, 0.5) is 0 Å². The van der Waals surface area contributed by atoms with Crippen LogP contribution in [0.5, 0.6) is 0 Å². The number of amides is 2. The van der Waals surface area contributed by atoms with Gasteiger partial charge in [-0.25, -0.2) is 4.57 Å². The molecule has 0 bridgehead atoms. The highest BCUT2D eigenvalue weighted by molar-refractivity contribution is 7.46. The van der Waals surface area contributed by atoms with Crippen LogP contribution in [0, 0.1) is 0 Å². The molecule has 2 amide bonds. The van der Waals surface area contributed by atoms with Gasteiger partial charge < -0.3 is 63.5 Å². The summed E-state index contributed by atoms with van der Waals surface area (Å²) in [4.78, 5) is 123. The lowest BCUT2D eigenvalue weighted by Gasteiger charge is -2.45. The molecule has 1 heterocycles. The minimum Gasteiger partial charge on any atom is -0.480 e. The van der Waals surface area contributed by atoms with E-state index in [9.17, 15) is 53.3 Å². The van der Waals surface area contributed by atoms with E-state index in [1.54, 1.807) is 0 Å². The van der Waals surface area contributed by atoms with Crippen molar-refractivity contribution in [2.45, 2.75) is 554 Å². The van der Waals surface area contributed by atoms with E-state index in [0.717, 1.165) is 191 Å². The fourth-order valence-electron chi connectivity index (χ4n) is 16.5. The molecule has 0 radical (unpaired) electrons. The molecular formula is C100H192N3O19P. The molecule has 0 aromatic heterocycles. The summed E-state index contributed by atoms with van der Waals surface area (Å²) in [7, 11) is -5.55. The largest absolute Gasteiger partial charge is 0.480 e. The fraction of sp³-hybridized carbons (Fsp3) is 0.930. The van der Waals surface area contributed by atoms with E-state index in [4.69, 9.17) is 32.9 Å². The van der Waals surface area contributed by atoms with E-state index in [-0.39, 0.29) is 38.6 Å². The Kier molecular flexibility index (Phi) is 83.7. The van der Waals surface area contributed by atoms with E-state index in [2.05, 4.69) is 72.5 Å². The zero-order chi connectivity index (χ0) is 90.7. The van der Waals surface area contributed by atoms with Crippen molar-refractivity contribution in [3.63, 3.8) is 0 Å². The zero-order valence-corrected chi connectivity index (χ0v) is 81.5. The molecule has 0 unspecified atom stereocenters. The summed E-state index contributed by atoms with van der Waals surface area (Å²) in [6.45, 7) is 20.7. The summed E-state index contributed by atoms with van der Waals surface area (Å²) >= 11 is 0. The minimum absolute atomic E-state index is 0.140. The Morgan fingerprint density at radius 2 is 0.659 bits per heavy atom. The lowest BCUT2D eigenvalue weighted by Crippen LogP contribution is -2.66. The molecule has 1 aliphatic heterocycles. The number of rotatable bonds is 89. The van der Waals surface area contributed by atoms with Crippen LogP contribution in [-0.4, -0.2) is 166 Å². The number of carboxylic acid groups (broad SMARTS) is 1. The molecule has 0 spiro atoms. The number of nitrogens with zero attached hydrogens (tertiary/aromatic N) is 2. The van der Waals surface area contributed by atoms with Crippen LogP contribution in [0.2, 0.25) is 0 Å². The average molecular weight is 1770 g/mol. The Hall–Kier alpha value is -3.76. The first-order chi connectivity index (χ1) is 59.7. The highest BCUT2D eigenvalue weighted by Crippen LogP contribution is 2.43. The van der Waals surface area contributed by atoms with Crippen molar-refractivity contribution in [2.75, 3.05) is 45.9 Å². The van der Waals surface area contributed by atoms with Crippen molar-refractivity contribution >= 4 is 49.5 Å². The van der Waals surface area contributed by atoms with Gasteiger partial charge in [0.25, 0.3) is 0 Å². The molecule has 726 valence electrons. The molecule has 5 N–H and O–H groups in total. The number of hydrogen-bond donors (Lipinski definition) is 5. The van der Waals surface area contributed by atoms with Gasteiger partial charge in [-0.1, -0.05) is 409 Å². The molecule has 123 heavy (non-hydrogen) atoms. The number of hydrogen-bond acceptors (Lipinski definition) is 17. The maximum atomic E-state index is 15.0. The van der Waals surface area contributed by atoms with E-state index in [1.807, 2.05) is 0 Å². The molecule has 0 saturated carbocycles. The first-order valence-electron chi connectivity index (χ1n) is 51.6. The molecule has 1 aliphatic rings. The van der Waals surface area contributed by atoms with E-state index in [0.29, 0.717) is 57.8 Å². The van der Waals surface area contributed by atoms with E-state index in [1.165, 1.54) is 180 Å². The number of phosphoric acid groups is 1. The van der Waals surface area contributed by atoms with Crippen LogP contribution in [0.3, 0.4) is 0 Å². The second kappa shape index (κ2) is 86.3. The second-order valence-corrected chi connectivity index (χ2v) is 36.9. The van der Waals surface area contributed by atoms with Gasteiger partial charge in [0.15, 0.2) is 12.4 Å². The summed E-state index contributed by atoms with van der Waals surface area (Å²) in [5.74, 6) is -5.03. The predicted molar refractivity (Wildman–Crippen MR) is 500 cm³/mol. The van der Waals surface area contributed by atoms with Crippen molar-refractivity contribution in [1.29, 1.82) is 0 Å². The van der Waals surface area contributed by atoms with E-state index < -0.39 is 125 Å². The lowest BCUT2D eigenvalue weighted by atomic mass is 9.96. The maximum Gasteiger partial charge on any atom is 0.470 e. The Morgan fingerprint density at radius 3 is 0.935 bits per heavy atom. The predicted octanol–water partition coefficient (Wildman–Crippen LogP) is 25.6. The Morgan fingerprint density at radius 1 is 0.374 bits per heavy atom. The maximum absolute atomic E-state index is 15.0. The first kappa shape index (κ1) is 119. The normalized spacial score (nSPS) is 16.1. The number of aliphatic hydroxyl groups is 1. The highest BCUT2D eigenvalue weighted by Gasteiger charge is 2.52. The summed E-state index contributed by atoms with van der Waals surface area (Å²) in [6, 6.07) is -1.70. The number of nitrogens with one attached hydrogen (secondary N) is 1. The smallest absolute Gasteiger partial charge is 0.470 e. The van der Waals surface area contributed by atoms with Gasteiger partial charge in [0.05, 0.1) is 32.5 Å². The fourth-order valence-corrected chi connectivity index (χ4v) is 17.1. The second-order valence-electron chi connectivity index (χ2n) is 35.7. The van der Waals surface area contributed by atoms with Gasteiger partial charge >= 0.3 is 37.7 Å². The van der Waals surface area contributed by atoms with Gasteiger partial charge in [-0.3, -0.25) is 38.1 Å². The van der Waals surface area contributed by atoms with Crippen LogP contribution in [0.25, 0.3) is 0 Å². The molecule has 0 aromatic rings. The molecular weight excluding hydrogens is 1580 g/mol. The number of carboxylic acids is 1. The van der Waals surface area contributed by atoms with Gasteiger partial charge in [-0.2, -0.15) is 0 Å². The van der Waals surface area contributed by atoms with Crippen molar-refractivity contribution in [2.24, 2.45) is 0 Å². The van der Waals surface area contributed by atoms with Crippen LogP contribution >= 0.6 is 7.82 Å². The summed E-state index contributed by atoms with van der Waals surface area (Å²) < 4.78 is 55.8. The van der Waals surface area contributed by atoms with Crippen molar-refractivity contribution < 1.29 is 91.1 Å². The molecule has 8 atom stereocenters. The SMILES string of the molecule is CCCCCCCCCCCCCC(=O)O[C@H](CCCCCCCCCCC)CC(=O)N[C@H]1[C@H](OCCN(CC(=O)O)C(=O)C[C@@H](CCCCCCCCCCC)OC(=O)CCCCCCCCCCCCC)O[C@H](CO)[C@@H](OP(=O)(O)O)[C@@H]1OC(=O)C[C@@H](CCCCCCCCCCC)OC(=O)CCCCCCCCCCCCC.CCN(CC)CC. The Bertz CT molecular complexity index is 2500. The van der Waals surface area contributed by atoms with Gasteiger partial charge in [-0.05, 0) is 77.4 Å². The molecule has 23 heteroatoms. The quantitative estimate of drug-likeness (QED) is 0.0164. The minimum atomic E-state index is -5.55. The van der Waals surface area contributed by atoms with Gasteiger partial charge in [-0.15, -0.1) is 0 Å². The Labute approximate surface area is 752 Å². The zero-order valence-electron chi connectivity index (χ0n) is 80.6. The lowest BCUT2D eigenvalue weighted by molar-refractivity contribution is -0.271. The third kappa shape index (κ3) is 73.7. The molecule has 1 rings (SSSR count). The molecule has 1 saturated heterocycles. The third-order valence-electron chi connectivity index (χ3n) is 24.3. The number of unbranched alkanes of at least 4 members (excludes halogenated alkanes) is 54. The van der Waals surface area contributed by atoms with Gasteiger partial charge in [0.1, 0.15) is 43.1 Å². The first-order valence-corrected chi connectivity index (χ1v) is 53.1. The third-order valence-corrected chi connectivity index (χ3v) is 24.8. The van der Waals surface area contributed by atoms with Crippen LogP contribution < -0.4 is 5.32 Å². The number of ether oxygens (including phenoxy) is 6. The number of phosphoric ester groups is 1. The number of aliphatic carboxylic acids is 1. The summed E-state index contributed by atoms with van der Waals surface area (Å²) in [6.07, 6.45) is 54.7.